The van der Waals surface area contributed by atoms with Crippen LogP contribution in [-0.4, -0.2) is 30.7 Å². The van der Waals surface area contributed by atoms with Crippen LogP contribution in [0.4, 0.5) is 4.79 Å². The summed E-state index contributed by atoms with van der Waals surface area (Å²) < 4.78 is 6.91. The molecule has 152 valence electrons. The molecule has 1 atom stereocenters. The summed E-state index contributed by atoms with van der Waals surface area (Å²) in [7, 11) is 0. The number of hydrogen-bond donors (Lipinski definition) is 0. The van der Waals surface area contributed by atoms with Gasteiger partial charge >= 0.3 is 6.09 Å². The molecule has 3 aromatic carbocycles. The highest BCUT2D eigenvalue weighted by molar-refractivity contribution is 9.10. The summed E-state index contributed by atoms with van der Waals surface area (Å²) in [5.74, 6) is 0.606. The van der Waals surface area contributed by atoms with Gasteiger partial charge in [-0.2, -0.15) is 0 Å². The van der Waals surface area contributed by atoms with Crippen molar-refractivity contribution in [3.05, 3.63) is 94.0 Å². The van der Waals surface area contributed by atoms with Crippen LogP contribution in [0.25, 0.3) is 11.1 Å². The van der Waals surface area contributed by atoms with Crippen molar-refractivity contribution >= 4 is 22.0 Å². The largest absolute Gasteiger partial charge is 0.448 e. The molecule has 1 unspecified atom stereocenters. The fourth-order valence-corrected chi connectivity index (χ4v) is 5.07. The van der Waals surface area contributed by atoms with Crippen molar-refractivity contribution in [1.29, 1.82) is 0 Å². The molecule has 1 aliphatic carbocycles. The van der Waals surface area contributed by atoms with Crippen molar-refractivity contribution < 1.29 is 9.53 Å². The zero-order valence-electron chi connectivity index (χ0n) is 16.8. The zero-order chi connectivity index (χ0) is 20.5. The molecular formula is C26H24BrNO2. The minimum absolute atomic E-state index is 0.113. The molecule has 1 heterocycles. The van der Waals surface area contributed by atoms with Crippen LogP contribution in [0.5, 0.6) is 0 Å². The van der Waals surface area contributed by atoms with Gasteiger partial charge in [-0.1, -0.05) is 76.6 Å². The summed E-state index contributed by atoms with van der Waals surface area (Å²) in [4.78, 5) is 14.6. The lowest BCUT2D eigenvalue weighted by Crippen LogP contribution is -2.30. The number of amides is 1. The Hall–Kier alpha value is -2.59. The highest BCUT2D eigenvalue weighted by atomic mass is 79.9. The molecule has 0 aromatic heterocycles. The molecule has 30 heavy (non-hydrogen) atoms. The molecule has 1 aliphatic heterocycles. The van der Waals surface area contributed by atoms with Gasteiger partial charge in [-0.3, -0.25) is 0 Å². The Morgan fingerprint density at radius 1 is 0.933 bits per heavy atom. The van der Waals surface area contributed by atoms with Gasteiger partial charge in [0.2, 0.25) is 0 Å². The molecule has 2 aliphatic rings. The van der Waals surface area contributed by atoms with Gasteiger partial charge in [0.25, 0.3) is 0 Å². The quantitative estimate of drug-likeness (QED) is 0.458. The Kier molecular flexibility index (Phi) is 5.34. The Morgan fingerprint density at radius 2 is 1.57 bits per heavy atom. The maximum absolute atomic E-state index is 12.8. The number of benzene rings is 3. The fraction of sp³-hybridized carbons (Fsp3) is 0.269. The number of fused-ring (bicyclic) bond motifs is 3. The number of carbonyl (C=O) groups is 1. The van der Waals surface area contributed by atoms with Gasteiger partial charge < -0.3 is 9.64 Å². The van der Waals surface area contributed by atoms with Crippen molar-refractivity contribution in [2.24, 2.45) is 5.92 Å². The number of hydrogen-bond acceptors (Lipinski definition) is 2. The third-order valence-corrected chi connectivity index (χ3v) is 6.85. The number of rotatable bonds is 4. The molecule has 1 amide bonds. The van der Waals surface area contributed by atoms with Crippen molar-refractivity contribution in [3.8, 4) is 11.1 Å². The van der Waals surface area contributed by atoms with Crippen molar-refractivity contribution in [2.75, 3.05) is 19.7 Å². The zero-order valence-corrected chi connectivity index (χ0v) is 18.3. The number of carbonyl (C=O) groups excluding carboxylic acids is 1. The lowest BCUT2D eigenvalue weighted by molar-refractivity contribution is 0.106. The van der Waals surface area contributed by atoms with Crippen molar-refractivity contribution in [3.63, 3.8) is 0 Å². The summed E-state index contributed by atoms with van der Waals surface area (Å²) >= 11 is 3.48. The predicted octanol–water partition coefficient (Wildman–Crippen LogP) is 6.26. The molecule has 4 heteroatoms. The third-order valence-electron chi connectivity index (χ3n) is 6.32. The second kappa shape index (κ2) is 8.27. The number of ether oxygens (including phenoxy) is 1. The van der Waals surface area contributed by atoms with E-state index in [1.165, 1.54) is 27.8 Å². The van der Waals surface area contributed by atoms with Gasteiger partial charge in [-0.05, 0) is 58.7 Å². The molecule has 3 nitrogen and oxygen atoms in total. The molecule has 1 saturated heterocycles. The summed E-state index contributed by atoms with van der Waals surface area (Å²) in [6, 6.07) is 25.3. The van der Waals surface area contributed by atoms with E-state index < -0.39 is 0 Å². The van der Waals surface area contributed by atoms with Gasteiger partial charge in [-0.15, -0.1) is 0 Å². The summed E-state index contributed by atoms with van der Waals surface area (Å²) in [6.07, 6.45) is 1.84. The van der Waals surface area contributed by atoms with Gasteiger partial charge in [0.05, 0.1) is 0 Å². The van der Waals surface area contributed by atoms with Crippen molar-refractivity contribution in [2.45, 2.75) is 18.8 Å². The Labute approximate surface area is 185 Å². The predicted molar refractivity (Wildman–Crippen MR) is 123 cm³/mol. The fourth-order valence-electron chi connectivity index (χ4n) is 4.80. The average Bonchev–Trinajstić information content (AvgIpc) is 3.37. The van der Waals surface area contributed by atoms with E-state index in [1.807, 2.05) is 4.90 Å². The van der Waals surface area contributed by atoms with Crippen LogP contribution in [0, 0.1) is 5.92 Å². The monoisotopic (exact) mass is 461 g/mol. The minimum atomic E-state index is -0.185. The highest BCUT2D eigenvalue weighted by Crippen LogP contribution is 2.44. The van der Waals surface area contributed by atoms with E-state index in [-0.39, 0.29) is 12.0 Å². The normalized spacial score (nSPS) is 17.6. The number of halogens is 1. The highest BCUT2D eigenvalue weighted by Gasteiger charge is 2.31. The van der Waals surface area contributed by atoms with E-state index in [0.717, 1.165) is 30.4 Å². The SMILES string of the molecule is O=C(OCC1c2ccccc2-c2ccccc21)N1CCC(Cc2ccc(Br)cc2)C1. The maximum atomic E-state index is 12.8. The van der Waals surface area contributed by atoms with Crippen LogP contribution < -0.4 is 0 Å². The van der Waals surface area contributed by atoms with E-state index in [9.17, 15) is 4.79 Å². The van der Waals surface area contributed by atoms with Gasteiger partial charge in [0, 0.05) is 23.5 Å². The second-order valence-corrected chi connectivity index (χ2v) is 9.15. The van der Waals surface area contributed by atoms with E-state index in [2.05, 4.69) is 88.7 Å². The van der Waals surface area contributed by atoms with Crippen molar-refractivity contribution in [1.82, 2.24) is 4.90 Å². The van der Waals surface area contributed by atoms with E-state index in [1.54, 1.807) is 0 Å². The van der Waals surface area contributed by atoms with Crippen LogP contribution in [-0.2, 0) is 11.2 Å². The van der Waals surface area contributed by atoms with Crippen LogP contribution in [0.1, 0.15) is 29.0 Å². The van der Waals surface area contributed by atoms with Crippen LogP contribution in [0.15, 0.2) is 77.3 Å². The smallest absolute Gasteiger partial charge is 0.409 e. The molecule has 3 aromatic rings. The van der Waals surface area contributed by atoms with E-state index in [4.69, 9.17) is 4.74 Å². The second-order valence-electron chi connectivity index (χ2n) is 8.24. The van der Waals surface area contributed by atoms with Gasteiger partial charge in [-0.25, -0.2) is 4.79 Å². The standard InChI is InChI=1S/C26H24BrNO2/c27-20-11-9-18(10-12-20)15-19-13-14-28(16-19)26(29)30-17-25-23-7-3-1-5-21(23)22-6-2-4-8-24(22)25/h1-12,19,25H,13-17H2. The molecule has 0 spiro atoms. The Morgan fingerprint density at radius 3 is 2.23 bits per heavy atom. The Bertz CT molecular complexity index is 1020. The molecule has 0 radical (unpaired) electrons. The number of likely N-dealkylation sites (tertiary alicyclic amines) is 1. The number of nitrogens with zero attached hydrogens (tertiary/aromatic N) is 1. The molecular weight excluding hydrogens is 438 g/mol. The van der Waals surface area contributed by atoms with E-state index >= 15 is 0 Å². The topological polar surface area (TPSA) is 29.5 Å². The molecule has 1 fully saturated rings. The van der Waals surface area contributed by atoms with Gasteiger partial charge in [0.15, 0.2) is 0 Å². The summed E-state index contributed by atoms with van der Waals surface area (Å²) in [6.45, 7) is 1.94. The molecule has 0 saturated carbocycles. The average molecular weight is 462 g/mol. The van der Waals surface area contributed by atoms with Crippen LogP contribution >= 0.6 is 15.9 Å². The Balaban J connectivity index is 1.21. The lowest BCUT2D eigenvalue weighted by atomic mass is 9.98. The van der Waals surface area contributed by atoms with E-state index in [0.29, 0.717) is 12.5 Å². The van der Waals surface area contributed by atoms with Crippen LogP contribution in [0.3, 0.4) is 0 Å². The van der Waals surface area contributed by atoms with Crippen LogP contribution in [0.2, 0.25) is 0 Å². The van der Waals surface area contributed by atoms with Gasteiger partial charge in [0.1, 0.15) is 6.61 Å². The molecule has 0 N–H and O–H groups in total. The molecule has 5 rings (SSSR count). The first-order chi connectivity index (χ1) is 14.7. The minimum Gasteiger partial charge on any atom is -0.448 e. The maximum Gasteiger partial charge on any atom is 0.409 e. The first-order valence-electron chi connectivity index (χ1n) is 10.5. The molecule has 0 bridgehead atoms. The summed E-state index contributed by atoms with van der Waals surface area (Å²) in [5.41, 5.74) is 6.33. The first-order valence-corrected chi connectivity index (χ1v) is 11.3. The summed E-state index contributed by atoms with van der Waals surface area (Å²) in [5, 5.41) is 0. The lowest BCUT2D eigenvalue weighted by Gasteiger charge is -2.19. The third kappa shape index (κ3) is 3.77. The first kappa shape index (κ1) is 19.4.